The van der Waals surface area contributed by atoms with Crippen LogP contribution in [0.3, 0.4) is 0 Å². The Morgan fingerprint density at radius 1 is 1.40 bits per heavy atom. The van der Waals surface area contributed by atoms with Gasteiger partial charge in [-0.2, -0.15) is 9.61 Å². The molecular formula is C14H20ClN5. The maximum Gasteiger partial charge on any atom is 0.162 e. The SMILES string of the molecule is CCc1cnn2c(NC3CCC(N)CC3)cc(Cl)nc12. The highest BCUT2D eigenvalue weighted by atomic mass is 35.5. The summed E-state index contributed by atoms with van der Waals surface area (Å²) in [6.45, 7) is 2.09. The summed E-state index contributed by atoms with van der Waals surface area (Å²) in [7, 11) is 0. The summed E-state index contributed by atoms with van der Waals surface area (Å²) in [6.07, 6.45) is 7.07. The third kappa shape index (κ3) is 2.60. The van der Waals surface area contributed by atoms with Crippen LogP contribution in [0, 0.1) is 0 Å². The lowest BCUT2D eigenvalue weighted by Crippen LogP contribution is -2.33. The number of hydrogen-bond donors (Lipinski definition) is 2. The quantitative estimate of drug-likeness (QED) is 0.854. The molecule has 108 valence electrons. The second-order valence-corrected chi connectivity index (χ2v) is 5.87. The van der Waals surface area contributed by atoms with E-state index in [0.717, 1.165) is 49.1 Å². The molecule has 1 aliphatic carbocycles. The number of nitrogens with two attached hydrogens (primary N) is 1. The van der Waals surface area contributed by atoms with Gasteiger partial charge in [0.1, 0.15) is 11.0 Å². The van der Waals surface area contributed by atoms with Crippen molar-refractivity contribution in [1.29, 1.82) is 0 Å². The molecule has 2 aromatic rings. The molecule has 1 saturated carbocycles. The molecule has 0 spiro atoms. The van der Waals surface area contributed by atoms with E-state index in [1.165, 1.54) is 0 Å². The lowest BCUT2D eigenvalue weighted by molar-refractivity contribution is 0.410. The summed E-state index contributed by atoms with van der Waals surface area (Å²) in [5.41, 5.74) is 7.90. The Kier molecular flexibility index (Phi) is 3.81. The van der Waals surface area contributed by atoms with Gasteiger partial charge in [0.15, 0.2) is 5.65 Å². The molecule has 5 nitrogen and oxygen atoms in total. The van der Waals surface area contributed by atoms with Crippen LogP contribution >= 0.6 is 11.6 Å². The summed E-state index contributed by atoms with van der Waals surface area (Å²) in [4.78, 5) is 4.38. The fourth-order valence-electron chi connectivity index (χ4n) is 2.80. The smallest absolute Gasteiger partial charge is 0.162 e. The number of fused-ring (bicyclic) bond motifs is 1. The number of aryl methyl sites for hydroxylation is 1. The second-order valence-electron chi connectivity index (χ2n) is 5.48. The Morgan fingerprint density at radius 2 is 2.15 bits per heavy atom. The molecule has 3 rings (SSSR count). The first-order valence-electron chi connectivity index (χ1n) is 7.22. The predicted octanol–water partition coefficient (Wildman–Crippen LogP) is 2.63. The lowest BCUT2D eigenvalue weighted by Gasteiger charge is -2.27. The molecule has 0 bridgehead atoms. The van der Waals surface area contributed by atoms with Crippen LogP contribution < -0.4 is 11.1 Å². The molecule has 2 heterocycles. The zero-order chi connectivity index (χ0) is 14.1. The Labute approximate surface area is 123 Å². The average Bonchev–Trinajstić information content (AvgIpc) is 2.84. The zero-order valence-corrected chi connectivity index (χ0v) is 12.4. The van der Waals surface area contributed by atoms with Crippen LogP contribution in [-0.2, 0) is 6.42 Å². The number of hydrogen-bond acceptors (Lipinski definition) is 4. The zero-order valence-electron chi connectivity index (χ0n) is 11.6. The molecule has 0 saturated heterocycles. The van der Waals surface area contributed by atoms with Crippen LogP contribution in [0.5, 0.6) is 0 Å². The molecule has 0 atom stereocenters. The molecule has 0 amide bonds. The fraction of sp³-hybridized carbons (Fsp3) is 0.571. The summed E-state index contributed by atoms with van der Waals surface area (Å²) < 4.78 is 1.85. The van der Waals surface area contributed by atoms with E-state index in [9.17, 15) is 0 Å². The number of halogens is 1. The van der Waals surface area contributed by atoms with Crippen LogP contribution in [0.1, 0.15) is 38.2 Å². The third-order valence-corrected chi connectivity index (χ3v) is 4.21. The highest BCUT2D eigenvalue weighted by molar-refractivity contribution is 6.29. The molecule has 0 unspecified atom stereocenters. The van der Waals surface area contributed by atoms with Gasteiger partial charge < -0.3 is 11.1 Å². The highest BCUT2D eigenvalue weighted by Gasteiger charge is 2.20. The molecule has 0 radical (unpaired) electrons. The minimum absolute atomic E-state index is 0.352. The second kappa shape index (κ2) is 5.58. The average molecular weight is 294 g/mol. The molecule has 20 heavy (non-hydrogen) atoms. The van der Waals surface area contributed by atoms with Crippen molar-refractivity contribution in [2.24, 2.45) is 5.73 Å². The van der Waals surface area contributed by atoms with Crippen LogP contribution in [0.2, 0.25) is 5.15 Å². The Balaban J connectivity index is 1.89. The van der Waals surface area contributed by atoms with Crippen LogP contribution in [0.25, 0.3) is 5.65 Å². The van der Waals surface area contributed by atoms with Gasteiger partial charge in [-0.1, -0.05) is 18.5 Å². The molecule has 6 heteroatoms. The van der Waals surface area contributed by atoms with Crippen LogP contribution in [-0.4, -0.2) is 26.7 Å². The maximum atomic E-state index is 6.14. The Bertz CT molecular complexity index is 601. The van der Waals surface area contributed by atoms with Gasteiger partial charge in [-0.15, -0.1) is 0 Å². The van der Waals surface area contributed by atoms with Crippen LogP contribution in [0.15, 0.2) is 12.3 Å². The van der Waals surface area contributed by atoms with Gasteiger partial charge in [0.25, 0.3) is 0 Å². The number of nitrogens with zero attached hydrogens (tertiary/aromatic N) is 3. The topological polar surface area (TPSA) is 68.2 Å². The van der Waals surface area contributed by atoms with Crippen molar-refractivity contribution in [3.8, 4) is 0 Å². The fourth-order valence-corrected chi connectivity index (χ4v) is 2.99. The number of nitrogens with one attached hydrogen (secondary N) is 1. The predicted molar refractivity (Wildman–Crippen MR) is 81.2 cm³/mol. The lowest BCUT2D eigenvalue weighted by atomic mass is 9.92. The van der Waals surface area contributed by atoms with Gasteiger partial charge >= 0.3 is 0 Å². The number of anilines is 1. The standard InChI is InChI=1S/C14H20ClN5/c1-2-9-8-17-20-13(7-12(15)19-14(9)20)18-11-5-3-10(16)4-6-11/h7-8,10-11,18H,2-6,16H2,1H3. The minimum Gasteiger partial charge on any atom is -0.367 e. The van der Waals surface area contributed by atoms with Gasteiger partial charge in [-0.05, 0) is 32.1 Å². The van der Waals surface area contributed by atoms with E-state index in [1.54, 1.807) is 0 Å². The molecule has 3 N–H and O–H groups in total. The van der Waals surface area contributed by atoms with Crippen molar-refractivity contribution < 1.29 is 0 Å². The third-order valence-electron chi connectivity index (χ3n) is 4.02. The normalized spacial score (nSPS) is 23.1. The Morgan fingerprint density at radius 3 is 2.85 bits per heavy atom. The first kappa shape index (κ1) is 13.6. The van der Waals surface area contributed by atoms with E-state index in [0.29, 0.717) is 17.2 Å². The first-order chi connectivity index (χ1) is 9.67. The molecule has 0 aliphatic heterocycles. The summed E-state index contributed by atoms with van der Waals surface area (Å²) in [5, 5.41) is 8.46. The maximum absolute atomic E-state index is 6.14. The first-order valence-corrected chi connectivity index (χ1v) is 7.60. The van der Waals surface area contributed by atoms with Crippen molar-refractivity contribution in [3.05, 3.63) is 23.0 Å². The van der Waals surface area contributed by atoms with Crippen LogP contribution in [0.4, 0.5) is 5.82 Å². The minimum atomic E-state index is 0.352. The number of aromatic nitrogens is 3. The largest absolute Gasteiger partial charge is 0.367 e. The van der Waals surface area contributed by atoms with E-state index in [2.05, 4.69) is 22.3 Å². The van der Waals surface area contributed by atoms with E-state index in [4.69, 9.17) is 17.3 Å². The summed E-state index contributed by atoms with van der Waals surface area (Å²) in [6, 6.07) is 2.63. The van der Waals surface area contributed by atoms with Gasteiger partial charge in [-0.3, -0.25) is 0 Å². The van der Waals surface area contributed by atoms with Gasteiger partial charge in [0.05, 0.1) is 6.20 Å². The molecule has 0 aromatic carbocycles. The van der Waals surface area contributed by atoms with Gasteiger partial charge in [0.2, 0.25) is 0 Å². The summed E-state index contributed by atoms with van der Waals surface area (Å²) >= 11 is 6.14. The van der Waals surface area contributed by atoms with E-state index >= 15 is 0 Å². The molecular weight excluding hydrogens is 274 g/mol. The van der Waals surface area contributed by atoms with E-state index in [-0.39, 0.29) is 0 Å². The van der Waals surface area contributed by atoms with Crippen molar-refractivity contribution in [2.45, 2.75) is 51.1 Å². The molecule has 2 aromatic heterocycles. The monoisotopic (exact) mass is 293 g/mol. The number of rotatable bonds is 3. The molecule has 1 aliphatic rings. The van der Waals surface area contributed by atoms with E-state index < -0.39 is 0 Å². The Hall–Kier alpha value is -1.33. The van der Waals surface area contributed by atoms with Crippen molar-refractivity contribution in [1.82, 2.24) is 14.6 Å². The van der Waals surface area contributed by atoms with Gasteiger partial charge in [-0.25, -0.2) is 4.98 Å². The van der Waals surface area contributed by atoms with Gasteiger partial charge in [0, 0.05) is 23.7 Å². The highest BCUT2D eigenvalue weighted by Crippen LogP contribution is 2.24. The van der Waals surface area contributed by atoms with Crippen molar-refractivity contribution in [3.63, 3.8) is 0 Å². The molecule has 1 fully saturated rings. The van der Waals surface area contributed by atoms with E-state index in [1.807, 2.05) is 16.8 Å². The summed E-state index contributed by atoms with van der Waals surface area (Å²) in [5.74, 6) is 0.917. The van der Waals surface area contributed by atoms with Crippen molar-refractivity contribution >= 4 is 23.1 Å². The van der Waals surface area contributed by atoms with Crippen molar-refractivity contribution in [2.75, 3.05) is 5.32 Å².